The lowest BCUT2D eigenvalue weighted by molar-refractivity contribution is 0.0562. The van der Waals surface area contributed by atoms with Crippen LogP contribution in [0.5, 0.6) is 0 Å². The minimum atomic E-state index is -0.714. The fraction of sp³-hybridized carbons (Fsp3) is 0.435. The second-order valence-electron chi connectivity index (χ2n) is 8.01. The molecule has 1 unspecified atom stereocenters. The minimum Gasteiger partial charge on any atom is -0.369 e. The van der Waals surface area contributed by atoms with E-state index in [4.69, 9.17) is 0 Å². The van der Waals surface area contributed by atoms with E-state index in [1.165, 1.54) is 11.3 Å². The normalized spacial score (nSPS) is 20.7. The number of benzene rings is 2. The molecule has 4 nitrogen and oxygen atoms in total. The molecule has 2 aliphatic rings. The predicted molar refractivity (Wildman–Crippen MR) is 110 cm³/mol. The highest BCUT2D eigenvalue weighted by Crippen LogP contribution is 2.24. The molecule has 1 amide bonds. The van der Waals surface area contributed by atoms with E-state index in [9.17, 15) is 13.6 Å². The Balaban J connectivity index is 1.38. The van der Waals surface area contributed by atoms with Gasteiger partial charge in [0.25, 0.3) is 5.91 Å². The van der Waals surface area contributed by atoms with Gasteiger partial charge in [-0.15, -0.1) is 0 Å². The standard InChI is InChI=1S/C23H27F2N3O/c1-17-5-2-3-7-22(17)27-11-9-26(10-12-27)21-6-4-8-28(16-21)23(29)18-13-19(24)15-20(25)14-18/h2-3,5,7,13-15,21H,4,6,8-12,16H2,1H3. The van der Waals surface area contributed by atoms with Gasteiger partial charge in [0, 0.05) is 62.6 Å². The SMILES string of the molecule is Cc1ccccc1N1CCN(C2CCCN(C(=O)c3cc(F)cc(F)c3)C2)CC1. The van der Waals surface area contributed by atoms with Crippen LogP contribution in [-0.4, -0.2) is 61.0 Å². The summed E-state index contributed by atoms with van der Waals surface area (Å²) in [6.07, 6.45) is 1.96. The highest BCUT2D eigenvalue weighted by atomic mass is 19.1. The molecule has 1 atom stereocenters. The Kier molecular flexibility index (Phi) is 5.81. The van der Waals surface area contributed by atoms with Gasteiger partial charge in [0.1, 0.15) is 11.6 Å². The molecule has 0 radical (unpaired) electrons. The van der Waals surface area contributed by atoms with Gasteiger partial charge in [0.05, 0.1) is 0 Å². The summed E-state index contributed by atoms with van der Waals surface area (Å²) in [6.45, 7) is 7.22. The van der Waals surface area contributed by atoms with Gasteiger partial charge in [0.15, 0.2) is 0 Å². The molecular weight excluding hydrogens is 372 g/mol. The maximum atomic E-state index is 13.5. The summed E-state index contributed by atoms with van der Waals surface area (Å²) in [5.41, 5.74) is 2.67. The maximum Gasteiger partial charge on any atom is 0.254 e. The van der Waals surface area contributed by atoms with E-state index in [-0.39, 0.29) is 11.5 Å². The van der Waals surface area contributed by atoms with E-state index in [0.29, 0.717) is 19.1 Å². The first-order valence-corrected chi connectivity index (χ1v) is 10.3. The Hall–Kier alpha value is -2.47. The number of piperidine rings is 1. The lowest BCUT2D eigenvalue weighted by Gasteiger charge is -2.44. The van der Waals surface area contributed by atoms with Crippen LogP contribution in [0.15, 0.2) is 42.5 Å². The van der Waals surface area contributed by atoms with E-state index in [0.717, 1.165) is 57.2 Å². The molecule has 0 N–H and O–H groups in total. The van der Waals surface area contributed by atoms with Crippen LogP contribution in [0.25, 0.3) is 0 Å². The van der Waals surface area contributed by atoms with Gasteiger partial charge in [-0.25, -0.2) is 8.78 Å². The second-order valence-corrected chi connectivity index (χ2v) is 8.01. The van der Waals surface area contributed by atoms with E-state index in [1.807, 2.05) is 0 Å². The van der Waals surface area contributed by atoms with Crippen molar-refractivity contribution in [1.82, 2.24) is 9.80 Å². The fourth-order valence-electron chi connectivity index (χ4n) is 4.54. The van der Waals surface area contributed by atoms with Crippen molar-refractivity contribution in [2.75, 3.05) is 44.2 Å². The molecule has 0 spiro atoms. The zero-order valence-corrected chi connectivity index (χ0v) is 16.8. The number of amides is 1. The summed E-state index contributed by atoms with van der Waals surface area (Å²) in [7, 11) is 0. The van der Waals surface area contributed by atoms with Crippen molar-refractivity contribution in [2.24, 2.45) is 0 Å². The number of likely N-dealkylation sites (tertiary alicyclic amines) is 1. The monoisotopic (exact) mass is 399 g/mol. The van der Waals surface area contributed by atoms with Gasteiger partial charge in [-0.05, 0) is 43.5 Å². The van der Waals surface area contributed by atoms with Gasteiger partial charge in [-0.2, -0.15) is 0 Å². The van der Waals surface area contributed by atoms with Crippen LogP contribution in [0.2, 0.25) is 0 Å². The number of nitrogens with zero attached hydrogens (tertiary/aromatic N) is 3. The number of para-hydroxylation sites is 1. The Bertz CT molecular complexity index is 860. The first-order chi connectivity index (χ1) is 14.0. The predicted octanol–water partition coefficient (Wildman–Crippen LogP) is 3.70. The summed E-state index contributed by atoms with van der Waals surface area (Å²) < 4.78 is 27.0. The van der Waals surface area contributed by atoms with Gasteiger partial charge >= 0.3 is 0 Å². The van der Waals surface area contributed by atoms with Crippen LogP contribution < -0.4 is 4.90 Å². The third kappa shape index (κ3) is 4.42. The Morgan fingerprint density at radius 2 is 1.66 bits per heavy atom. The van der Waals surface area contributed by atoms with Crippen molar-refractivity contribution in [3.8, 4) is 0 Å². The summed E-state index contributed by atoms with van der Waals surface area (Å²) in [5, 5.41) is 0. The number of rotatable bonds is 3. The molecule has 2 aromatic rings. The number of halogens is 2. The lowest BCUT2D eigenvalue weighted by Crippen LogP contribution is -2.56. The van der Waals surface area contributed by atoms with E-state index in [1.54, 1.807) is 4.90 Å². The fourth-order valence-corrected chi connectivity index (χ4v) is 4.54. The zero-order chi connectivity index (χ0) is 20.4. The van der Waals surface area contributed by atoms with E-state index >= 15 is 0 Å². The third-order valence-corrected chi connectivity index (χ3v) is 6.08. The summed E-state index contributed by atoms with van der Waals surface area (Å²) in [4.78, 5) is 19.4. The first-order valence-electron chi connectivity index (χ1n) is 10.3. The number of aryl methyl sites for hydroxylation is 1. The molecule has 0 aromatic heterocycles. The molecule has 0 saturated carbocycles. The van der Waals surface area contributed by atoms with E-state index in [2.05, 4.69) is 41.0 Å². The molecule has 6 heteroatoms. The number of carbonyl (C=O) groups excluding carboxylic acids is 1. The third-order valence-electron chi connectivity index (χ3n) is 6.08. The van der Waals surface area contributed by atoms with Gasteiger partial charge < -0.3 is 9.80 Å². The molecule has 29 heavy (non-hydrogen) atoms. The Morgan fingerprint density at radius 1 is 0.966 bits per heavy atom. The molecule has 2 heterocycles. The maximum absolute atomic E-state index is 13.5. The number of carbonyl (C=O) groups is 1. The van der Waals surface area contributed by atoms with Crippen molar-refractivity contribution >= 4 is 11.6 Å². The molecule has 4 rings (SSSR count). The van der Waals surface area contributed by atoms with Crippen molar-refractivity contribution in [3.05, 3.63) is 65.2 Å². The van der Waals surface area contributed by atoms with Crippen LogP contribution in [0.4, 0.5) is 14.5 Å². The number of piperazine rings is 1. The molecule has 2 aliphatic heterocycles. The second kappa shape index (κ2) is 8.49. The number of anilines is 1. The lowest BCUT2D eigenvalue weighted by atomic mass is 10.0. The molecule has 0 aliphatic carbocycles. The highest BCUT2D eigenvalue weighted by Gasteiger charge is 2.30. The smallest absolute Gasteiger partial charge is 0.254 e. The van der Waals surface area contributed by atoms with Crippen LogP contribution in [-0.2, 0) is 0 Å². The van der Waals surface area contributed by atoms with E-state index < -0.39 is 11.6 Å². The largest absolute Gasteiger partial charge is 0.369 e. The molecule has 2 fully saturated rings. The van der Waals surface area contributed by atoms with Gasteiger partial charge in [0.2, 0.25) is 0 Å². The molecule has 2 aromatic carbocycles. The van der Waals surface area contributed by atoms with Crippen LogP contribution in [0, 0.1) is 18.6 Å². The summed E-state index contributed by atoms with van der Waals surface area (Å²) in [6, 6.07) is 11.8. The number of hydrogen-bond acceptors (Lipinski definition) is 3. The van der Waals surface area contributed by atoms with Gasteiger partial charge in [-0.3, -0.25) is 9.69 Å². The van der Waals surface area contributed by atoms with Crippen LogP contribution in [0.3, 0.4) is 0 Å². The average Bonchev–Trinajstić information content (AvgIpc) is 2.73. The summed E-state index contributed by atoms with van der Waals surface area (Å²) >= 11 is 0. The van der Waals surface area contributed by atoms with Crippen molar-refractivity contribution < 1.29 is 13.6 Å². The van der Waals surface area contributed by atoms with Gasteiger partial charge in [-0.1, -0.05) is 18.2 Å². The molecule has 154 valence electrons. The summed E-state index contributed by atoms with van der Waals surface area (Å²) in [5.74, 6) is -1.71. The average molecular weight is 399 g/mol. The first kappa shape index (κ1) is 19.8. The minimum absolute atomic E-state index is 0.0903. The highest BCUT2D eigenvalue weighted by molar-refractivity contribution is 5.94. The molecule has 0 bridgehead atoms. The Morgan fingerprint density at radius 3 is 2.34 bits per heavy atom. The van der Waals surface area contributed by atoms with Crippen molar-refractivity contribution in [3.63, 3.8) is 0 Å². The zero-order valence-electron chi connectivity index (χ0n) is 16.8. The molecular formula is C23H27F2N3O. The number of hydrogen-bond donors (Lipinski definition) is 0. The molecule has 2 saturated heterocycles. The van der Waals surface area contributed by atoms with Crippen molar-refractivity contribution in [2.45, 2.75) is 25.8 Å². The topological polar surface area (TPSA) is 26.8 Å². The quantitative estimate of drug-likeness (QED) is 0.788. The van der Waals surface area contributed by atoms with Crippen LogP contribution >= 0.6 is 0 Å². The van der Waals surface area contributed by atoms with Crippen LogP contribution in [0.1, 0.15) is 28.8 Å². The Labute approximate surface area is 170 Å². The van der Waals surface area contributed by atoms with Crippen molar-refractivity contribution in [1.29, 1.82) is 0 Å².